The number of hydrogen-bond donors (Lipinski definition) is 1. The number of carbonyl (C=O) groups excluding carboxylic acids is 1. The molecule has 0 fully saturated rings. The molecule has 1 amide bonds. The molecule has 24 heavy (non-hydrogen) atoms. The zero-order valence-corrected chi connectivity index (χ0v) is 12.5. The number of aliphatic hydroxyl groups excluding tert-OH is 1. The highest BCUT2D eigenvalue weighted by molar-refractivity contribution is 6.10. The van der Waals surface area contributed by atoms with Crippen molar-refractivity contribution in [2.45, 2.75) is 6.23 Å². The van der Waals surface area contributed by atoms with E-state index in [1.54, 1.807) is 48.5 Å². The molecule has 1 N–H and O–H groups in total. The molecule has 2 aromatic carbocycles. The molecular formula is C18H13N3O3. The van der Waals surface area contributed by atoms with Crippen LogP contribution in [0, 0.1) is 0 Å². The van der Waals surface area contributed by atoms with E-state index in [0.717, 1.165) is 0 Å². The fourth-order valence-corrected chi connectivity index (χ4v) is 2.63. The third-order valence-electron chi connectivity index (χ3n) is 3.77. The molecule has 0 radical (unpaired) electrons. The van der Waals surface area contributed by atoms with Gasteiger partial charge in [0.25, 0.3) is 5.91 Å². The van der Waals surface area contributed by atoms with Crippen molar-refractivity contribution in [2.75, 3.05) is 4.90 Å². The Bertz CT molecular complexity index is 882. The lowest BCUT2D eigenvalue weighted by Crippen LogP contribution is -2.28. The summed E-state index contributed by atoms with van der Waals surface area (Å²) in [6.07, 6.45) is -1.07. The zero-order valence-electron chi connectivity index (χ0n) is 12.5. The van der Waals surface area contributed by atoms with Gasteiger partial charge in [0.2, 0.25) is 5.88 Å². The normalized spacial score (nSPS) is 16.1. The minimum atomic E-state index is -1.07. The van der Waals surface area contributed by atoms with E-state index in [2.05, 4.69) is 10.2 Å². The van der Waals surface area contributed by atoms with Crippen molar-refractivity contribution in [3.05, 3.63) is 77.9 Å². The van der Waals surface area contributed by atoms with Crippen LogP contribution >= 0.6 is 0 Å². The zero-order chi connectivity index (χ0) is 16.5. The van der Waals surface area contributed by atoms with Gasteiger partial charge in [-0.3, -0.25) is 9.69 Å². The molecule has 2 heterocycles. The summed E-state index contributed by atoms with van der Waals surface area (Å²) < 4.78 is 5.57. The summed E-state index contributed by atoms with van der Waals surface area (Å²) in [4.78, 5) is 13.7. The topological polar surface area (TPSA) is 75.5 Å². The lowest BCUT2D eigenvalue weighted by atomic mass is 10.1. The lowest BCUT2D eigenvalue weighted by molar-refractivity contribution is 0.0933. The monoisotopic (exact) mass is 319 g/mol. The number of hydrogen-bond acceptors (Lipinski definition) is 5. The standard InChI is InChI=1S/C18H13N3O3/c22-17-13-8-4-5-9-14(13)18(23)21(17)15-10-11-16(20-19-15)24-12-6-2-1-3-7-12/h1-11,17,22H. The van der Waals surface area contributed by atoms with Crippen molar-refractivity contribution in [3.8, 4) is 11.6 Å². The first-order valence-electron chi connectivity index (χ1n) is 7.41. The highest BCUT2D eigenvalue weighted by Gasteiger charge is 2.37. The number of anilines is 1. The molecule has 1 aromatic heterocycles. The van der Waals surface area contributed by atoms with E-state index in [9.17, 15) is 9.90 Å². The average Bonchev–Trinajstić information content (AvgIpc) is 2.88. The number of aromatic nitrogens is 2. The van der Waals surface area contributed by atoms with Crippen molar-refractivity contribution in [2.24, 2.45) is 0 Å². The molecule has 1 unspecified atom stereocenters. The minimum absolute atomic E-state index is 0.268. The van der Waals surface area contributed by atoms with Gasteiger partial charge < -0.3 is 9.84 Å². The van der Waals surface area contributed by atoms with Crippen LogP contribution in [0.3, 0.4) is 0 Å². The molecule has 3 aromatic rings. The first-order chi connectivity index (χ1) is 11.7. The Balaban J connectivity index is 1.59. The Labute approximate surface area is 138 Å². The largest absolute Gasteiger partial charge is 0.438 e. The SMILES string of the molecule is O=C1c2ccccc2C(O)N1c1ccc(Oc2ccccc2)nn1. The maximum absolute atomic E-state index is 12.5. The average molecular weight is 319 g/mol. The van der Waals surface area contributed by atoms with Crippen LogP contribution in [0.15, 0.2) is 66.7 Å². The van der Waals surface area contributed by atoms with Crippen molar-refractivity contribution < 1.29 is 14.6 Å². The van der Waals surface area contributed by atoms with Gasteiger partial charge in [0, 0.05) is 17.2 Å². The van der Waals surface area contributed by atoms with Gasteiger partial charge in [0.05, 0.1) is 0 Å². The van der Waals surface area contributed by atoms with E-state index >= 15 is 0 Å². The third-order valence-corrected chi connectivity index (χ3v) is 3.77. The maximum atomic E-state index is 12.5. The van der Waals surface area contributed by atoms with Crippen LogP contribution in [0.5, 0.6) is 11.6 Å². The highest BCUT2D eigenvalue weighted by atomic mass is 16.5. The summed E-state index contributed by atoms with van der Waals surface area (Å²) in [6, 6.07) is 19.4. The van der Waals surface area contributed by atoms with Gasteiger partial charge in [-0.2, -0.15) is 0 Å². The van der Waals surface area contributed by atoms with Gasteiger partial charge in [-0.1, -0.05) is 36.4 Å². The molecule has 1 atom stereocenters. The van der Waals surface area contributed by atoms with Crippen LogP contribution in [0.1, 0.15) is 22.1 Å². The summed E-state index contributed by atoms with van der Waals surface area (Å²) >= 11 is 0. The van der Waals surface area contributed by atoms with E-state index in [1.807, 2.05) is 18.2 Å². The highest BCUT2D eigenvalue weighted by Crippen LogP contribution is 2.34. The molecule has 6 nitrogen and oxygen atoms in total. The van der Waals surface area contributed by atoms with Crippen molar-refractivity contribution in [1.29, 1.82) is 0 Å². The van der Waals surface area contributed by atoms with Crippen LogP contribution in [0.2, 0.25) is 0 Å². The first kappa shape index (κ1) is 14.3. The Morgan fingerprint density at radius 2 is 1.67 bits per heavy atom. The number of carbonyl (C=O) groups is 1. The van der Waals surface area contributed by atoms with Crippen LogP contribution < -0.4 is 9.64 Å². The molecule has 4 rings (SSSR count). The number of para-hydroxylation sites is 1. The molecule has 0 bridgehead atoms. The second kappa shape index (κ2) is 5.75. The van der Waals surface area contributed by atoms with Crippen molar-refractivity contribution >= 4 is 11.7 Å². The van der Waals surface area contributed by atoms with E-state index in [-0.39, 0.29) is 11.7 Å². The van der Waals surface area contributed by atoms with Crippen LogP contribution in [0.25, 0.3) is 0 Å². The van der Waals surface area contributed by atoms with Gasteiger partial charge in [-0.05, 0) is 24.3 Å². The molecule has 6 heteroatoms. The molecule has 0 saturated carbocycles. The van der Waals surface area contributed by atoms with E-state index in [0.29, 0.717) is 22.8 Å². The predicted molar refractivity (Wildman–Crippen MR) is 86.8 cm³/mol. The molecule has 1 aliphatic heterocycles. The fraction of sp³-hybridized carbons (Fsp3) is 0.0556. The summed E-state index contributed by atoms with van der Waals surface area (Å²) in [7, 11) is 0. The van der Waals surface area contributed by atoms with Gasteiger partial charge >= 0.3 is 0 Å². The molecule has 0 aliphatic carbocycles. The summed E-state index contributed by atoms with van der Waals surface area (Å²) in [5.41, 5.74) is 1.03. The second-order valence-corrected chi connectivity index (χ2v) is 5.28. The Morgan fingerprint density at radius 1 is 0.917 bits per heavy atom. The van der Waals surface area contributed by atoms with E-state index in [4.69, 9.17) is 4.74 Å². The van der Waals surface area contributed by atoms with Crippen LogP contribution in [-0.4, -0.2) is 21.2 Å². The molecule has 1 aliphatic rings. The summed E-state index contributed by atoms with van der Waals surface area (Å²) in [6.45, 7) is 0. The number of benzene rings is 2. The number of aliphatic hydroxyl groups is 1. The van der Waals surface area contributed by atoms with Gasteiger partial charge in [0.15, 0.2) is 12.0 Å². The van der Waals surface area contributed by atoms with Gasteiger partial charge in [0.1, 0.15) is 5.75 Å². The third kappa shape index (κ3) is 2.39. The molecule has 118 valence electrons. The van der Waals surface area contributed by atoms with Crippen molar-refractivity contribution in [3.63, 3.8) is 0 Å². The van der Waals surface area contributed by atoms with Crippen LogP contribution in [0.4, 0.5) is 5.82 Å². The predicted octanol–water partition coefficient (Wildman–Crippen LogP) is 2.92. The van der Waals surface area contributed by atoms with Gasteiger partial charge in [-0.25, -0.2) is 0 Å². The maximum Gasteiger partial charge on any atom is 0.262 e. The molecular weight excluding hydrogens is 306 g/mol. The Kier molecular flexibility index (Phi) is 3.44. The Hall–Kier alpha value is -3.25. The summed E-state index contributed by atoms with van der Waals surface area (Å²) in [5.74, 6) is 0.918. The summed E-state index contributed by atoms with van der Waals surface area (Å²) in [5, 5.41) is 18.4. The number of amides is 1. The smallest absolute Gasteiger partial charge is 0.262 e. The van der Waals surface area contributed by atoms with Crippen molar-refractivity contribution in [1.82, 2.24) is 10.2 Å². The number of ether oxygens (including phenoxy) is 1. The Morgan fingerprint density at radius 3 is 2.38 bits per heavy atom. The quantitative estimate of drug-likeness (QED) is 0.803. The van der Waals surface area contributed by atoms with Gasteiger partial charge in [-0.15, -0.1) is 10.2 Å². The fourth-order valence-electron chi connectivity index (χ4n) is 2.63. The first-order valence-corrected chi connectivity index (χ1v) is 7.41. The minimum Gasteiger partial charge on any atom is -0.438 e. The van der Waals surface area contributed by atoms with Crippen LogP contribution in [-0.2, 0) is 0 Å². The molecule has 0 saturated heterocycles. The van der Waals surface area contributed by atoms with E-state index in [1.165, 1.54) is 4.90 Å². The van der Waals surface area contributed by atoms with E-state index < -0.39 is 6.23 Å². The number of nitrogens with zero attached hydrogens (tertiary/aromatic N) is 3. The second-order valence-electron chi connectivity index (χ2n) is 5.28. The number of fused-ring (bicyclic) bond motifs is 1. The molecule has 0 spiro atoms. The lowest BCUT2D eigenvalue weighted by Gasteiger charge is -2.19. The number of rotatable bonds is 3.